The van der Waals surface area contributed by atoms with Crippen molar-refractivity contribution >= 4 is 33.2 Å². The number of fused-ring (bicyclic) bond motifs is 4. The molecule has 4 aliphatic rings. The number of allylic oxidation sites excluding steroid dienone is 1. The van der Waals surface area contributed by atoms with Gasteiger partial charge in [-0.3, -0.25) is 9.69 Å². The third kappa shape index (κ3) is 5.65. The maximum absolute atomic E-state index is 16.0. The van der Waals surface area contributed by atoms with E-state index >= 15 is 4.39 Å². The van der Waals surface area contributed by atoms with Crippen molar-refractivity contribution in [2.45, 2.75) is 68.2 Å². The number of sulfonamides is 1. The third-order valence-corrected chi connectivity index (χ3v) is 12.7. The zero-order chi connectivity index (χ0) is 32.1. The molecule has 3 aliphatic heterocycles. The zero-order valence-electron chi connectivity index (χ0n) is 25.6. The van der Waals surface area contributed by atoms with Gasteiger partial charge in [-0.2, -0.15) is 0 Å². The van der Waals surface area contributed by atoms with Gasteiger partial charge in [0.15, 0.2) is 0 Å². The van der Waals surface area contributed by atoms with Crippen molar-refractivity contribution in [1.29, 1.82) is 0 Å². The van der Waals surface area contributed by atoms with Crippen molar-refractivity contribution in [2.24, 2.45) is 5.92 Å². The molecule has 1 aliphatic carbocycles. The molecular formula is C33H41ClFN3O6S. The Morgan fingerprint density at radius 3 is 2.64 bits per heavy atom. The van der Waals surface area contributed by atoms with Gasteiger partial charge < -0.3 is 19.8 Å². The highest BCUT2D eigenvalue weighted by molar-refractivity contribution is 7.90. The topological polar surface area (TPSA) is 119 Å². The molecule has 0 unspecified atom stereocenters. The number of carbonyl (C=O) groups excluding carboxylic acids is 1. The van der Waals surface area contributed by atoms with Crippen LogP contribution < -0.4 is 14.4 Å². The first-order valence-electron chi connectivity index (χ1n) is 15.6. The molecule has 2 aromatic rings. The van der Waals surface area contributed by atoms with E-state index in [9.17, 15) is 23.4 Å². The number of halogens is 2. The van der Waals surface area contributed by atoms with Crippen molar-refractivity contribution in [1.82, 2.24) is 9.62 Å². The summed E-state index contributed by atoms with van der Waals surface area (Å²) >= 11 is 6.38. The van der Waals surface area contributed by atoms with Crippen molar-refractivity contribution < 1.29 is 32.6 Å². The smallest absolute Gasteiger partial charge is 0.264 e. The molecule has 0 aromatic heterocycles. The van der Waals surface area contributed by atoms with Gasteiger partial charge in [0.25, 0.3) is 5.91 Å². The molecule has 1 spiro atoms. The van der Waals surface area contributed by atoms with Crippen LogP contribution in [0.5, 0.6) is 5.75 Å². The normalized spacial score (nSPS) is 30.9. The highest BCUT2D eigenvalue weighted by Crippen LogP contribution is 2.46. The van der Waals surface area contributed by atoms with E-state index in [-0.39, 0.29) is 18.0 Å². The maximum Gasteiger partial charge on any atom is 0.264 e. The monoisotopic (exact) mass is 661 g/mol. The Labute approximate surface area is 269 Å². The van der Waals surface area contributed by atoms with E-state index < -0.39 is 57.1 Å². The number of carbonyl (C=O) groups is 1. The first-order chi connectivity index (χ1) is 21.4. The van der Waals surface area contributed by atoms with Gasteiger partial charge in [-0.25, -0.2) is 17.5 Å². The summed E-state index contributed by atoms with van der Waals surface area (Å²) in [4.78, 5) is 17.3. The number of hydrogen-bond donors (Lipinski definition) is 3. The summed E-state index contributed by atoms with van der Waals surface area (Å²) in [6.07, 6.45) is 4.72. The Balaban J connectivity index is 1.47. The van der Waals surface area contributed by atoms with Gasteiger partial charge in [-0.15, -0.1) is 0 Å². The number of amides is 1. The van der Waals surface area contributed by atoms with Crippen LogP contribution in [-0.2, 0) is 21.9 Å². The lowest BCUT2D eigenvalue weighted by Gasteiger charge is -2.53. The second kappa shape index (κ2) is 12.2. The number of nitrogens with one attached hydrogen (secondary N) is 1. The number of benzene rings is 2. The van der Waals surface area contributed by atoms with Crippen LogP contribution in [-0.4, -0.2) is 85.7 Å². The van der Waals surface area contributed by atoms with E-state index in [1.165, 1.54) is 18.6 Å². The Morgan fingerprint density at radius 1 is 1.16 bits per heavy atom. The zero-order valence-corrected chi connectivity index (χ0v) is 27.2. The van der Waals surface area contributed by atoms with Gasteiger partial charge in [0.1, 0.15) is 17.1 Å². The summed E-state index contributed by atoms with van der Waals surface area (Å²) in [6, 6.07) is 10.7. The highest BCUT2D eigenvalue weighted by Gasteiger charge is 2.50. The lowest BCUT2D eigenvalue weighted by atomic mass is 9.70. The van der Waals surface area contributed by atoms with E-state index in [1.54, 1.807) is 25.1 Å². The number of nitrogens with zero attached hydrogens (tertiary/aromatic N) is 2. The average molecular weight is 662 g/mol. The number of ether oxygens (including phenoxy) is 1. The number of hydrogen-bond acceptors (Lipinski definition) is 8. The molecule has 1 fully saturated rings. The summed E-state index contributed by atoms with van der Waals surface area (Å²) in [6.45, 7) is 3.67. The number of rotatable bonds is 2. The number of aryl methyl sites for hydroxylation is 1. The van der Waals surface area contributed by atoms with Crippen LogP contribution in [0.2, 0.25) is 5.02 Å². The van der Waals surface area contributed by atoms with Gasteiger partial charge in [0.2, 0.25) is 10.0 Å². The molecule has 12 heteroatoms. The van der Waals surface area contributed by atoms with Crippen LogP contribution in [0.15, 0.2) is 48.3 Å². The van der Waals surface area contributed by atoms with Crippen molar-refractivity contribution in [2.75, 3.05) is 44.4 Å². The van der Waals surface area contributed by atoms with Crippen LogP contribution >= 0.6 is 11.6 Å². The summed E-state index contributed by atoms with van der Waals surface area (Å²) in [5, 5.41) is 20.7. The molecule has 0 saturated carbocycles. The molecule has 3 heterocycles. The number of anilines is 1. The maximum atomic E-state index is 16.0. The quantitative estimate of drug-likeness (QED) is 0.443. The fraction of sp³-hybridized carbons (Fsp3) is 0.545. The second-order valence-electron chi connectivity index (χ2n) is 13.2. The lowest BCUT2D eigenvalue weighted by molar-refractivity contribution is -0.0707. The lowest BCUT2D eigenvalue weighted by Crippen LogP contribution is -2.67. The summed E-state index contributed by atoms with van der Waals surface area (Å²) in [7, 11) is -4.12. The predicted octanol–water partition coefficient (Wildman–Crippen LogP) is 3.95. The molecular weight excluding hydrogens is 621 g/mol. The molecule has 1 amide bonds. The summed E-state index contributed by atoms with van der Waals surface area (Å²) < 4.78 is 51.3. The average Bonchev–Trinajstić information content (AvgIpc) is 3.16. The Morgan fingerprint density at radius 2 is 1.93 bits per heavy atom. The molecule has 4 atom stereocenters. The standard InChI is InChI=1S/C33H41ClFN3O6S/c1-21-5-10-30(35)33(18-39,19-40)38-13-11-26(38)16-37-17-32(12-3-4-23-14-25(34)7-8-27(23)32)20-44-29-9-6-24(15-28(29)37)31(41)36-45(42,43)22(21)2/h6-10,14-15,21-22,26,39-40H,3-5,11-13,16-20H2,1-2H3,(H,36,41)/b30-10-/t21-,22+,26-,32-/m0/s1. The van der Waals surface area contributed by atoms with Gasteiger partial charge in [0, 0.05) is 41.7 Å². The first-order valence-corrected chi connectivity index (χ1v) is 17.6. The van der Waals surface area contributed by atoms with Crippen LogP contribution in [0.1, 0.15) is 61.0 Å². The Kier molecular flexibility index (Phi) is 8.71. The summed E-state index contributed by atoms with van der Waals surface area (Å²) in [5.74, 6) is -1.44. The fourth-order valence-corrected chi connectivity index (χ4v) is 8.96. The van der Waals surface area contributed by atoms with Gasteiger partial charge in [-0.05, 0) is 86.4 Å². The van der Waals surface area contributed by atoms with Crippen molar-refractivity contribution in [3.8, 4) is 5.75 Å². The molecule has 1 saturated heterocycles. The van der Waals surface area contributed by atoms with Crippen LogP contribution in [0.25, 0.3) is 0 Å². The molecule has 0 radical (unpaired) electrons. The van der Waals surface area contributed by atoms with E-state index in [4.69, 9.17) is 16.3 Å². The largest absolute Gasteiger partial charge is 0.490 e. The van der Waals surface area contributed by atoms with Gasteiger partial charge in [-0.1, -0.05) is 30.7 Å². The Bertz CT molecular complexity index is 1620. The molecule has 2 bridgehead atoms. The van der Waals surface area contributed by atoms with Crippen LogP contribution in [0.4, 0.5) is 10.1 Å². The predicted molar refractivity (Wildman–Crippen MR) is 171 cm³/mol. The molecule has 2 aromatic carbocycles. The first kappa shape index (κ1) is 32.2. The fourth-order valence-electron chi connectivity index (χ4n) is 7.48. The van der Waals surface area contributed by atoms with Crippen molar-refractivity contribution in [3.05, 3.63) is 70.0 Å². The number of aliphatic hydroxyl groups is 2. The molecule has 6 rings (SSSR count). The summed E-state index contributed by atoms with van der Waals surface area (Å²) in [5.41, 5.74) is 1.09. The molecule has 244 valence electrons. The van der Waals surface area contributed by atoms with E-state index in [1.807, 2.05) is 17.0 Å². The molecule has 3 N–H and O–H groups in total. The van der Waals surface area contributed by atoms with Crippen LogP contribution in [0.3, 0.4) is 0 Å². The van der Waals surface area contributed by atoms with Crippen LogP contribution in [0, 0.1) is 5.92 Å². The minimum atomic E-state index is -4.12. The van der Waals surface area contributed by atoms with E-state index in [2.05, 4.69) is 15.7 Å². The highest BCUT2D eigenvalue weighted by atomic mass is 35.5. The minimum absolute atomic E-state index is 0.0383. The van der Waals surface area contributed by atoms with Gasteiger partial charge >= 0.3 is 0 Å². The van der Waals surface area contributed by atoms with E-state index in [0.29, 0.717) is 49.1 Å². The third-order valence-electron chi connectivity index (χ3n) is 10.6. The van der Waals surface area contributed by atoms with E-state index in [0.717, 1.165) is 24.8 Å². The number of aliphatic hydroxyl groups excluding tert-OH is 2. The SMILES string of the molecule is C[C@@H]1[C@@H](C)C/C=C(\F)C(CO)(CO)N2CC[C@H]2CN2C[C@@]3(CCCc4cc(Cl)ccc43)COc3ccc(cc32)C(=O)NS1(=O)=O. The Hall–Kier alpha value is -2.70. The molecule has 9 nitrogen and oxygen atoms in total. The second-order valence-corrected chi connectivity index (χ2v) is 15.7. The van der Waals surface area contributed by atoms with Gasteiger partial charge in [0.05, 0.1) is 30.8 Å². The van der Waals surface area contributed by atoms with Crippen molar-refractivity contribution in [3.63, 3.8) is 0 Å². The minimum Gasteiger partial charge on any atom is -0.490 e. The molecule has 45 heavy (non-hydrogen) atoms.